The molecule has 12 heteroatoms. The number of cyclic esters (lactones) is 1. The van der Waals surface area contributed by atoms with Gasteiger partial charge in [-0.15, -0.1) is 5.92 Å². The van der Waals surface area contributed by atoms with Crippen LogP contribution in [0.15, 0.2) is 53.5 Å². The third-order valence-electron chi connectivity index (χ3n) is 20.4. The fourth-order valence-corrected chi connectivity index (χ4v) is 17.1. The number of hydrogen-bond donors (Lipinski definition) is 8. The molecule has 4 saturated carbocycles. The standard InChI is InChI=1S/C55H74N2O10/c1-27-10-11-30-20-31-12-13-35-34(37-26-67-51(64)45(37)33-15-17-56-24-33)9-7-8-32-22-55(66)47-38(52(4)23-42(61)41(60)21-39(52)49(63)48(47)57-40(25-58)29(3)59)14-16-53(55,5)50(32)54(6,65)43(62)19-28(2)44(31)46(35)36(30)18-27/h12-13,15,17,20,24,27-28,31-32,34-46,50,56-58,60-62,65-66H,8,10-11,14,16,18-19,21-23,25-26H2,1-6H3/t27-,28+,31-,32+,34+,35-,36-,37-,38-,39-,40-,41+,42-,43+,44+,45+,46+,50-,52+,53+,54-,55+/m0/s1. The first kappa shape index (κ1) is 47.1. The summed E-state index contributed by atoms with van der Waals surface area (Å²) in [4.78, 5) is 44.9. The zero-order valence-corrected chi connectivity index (χ0v) is 40.2. The molecule has 1 aromatic rings. The van der Waals surface area contributed by atoms with E-state index in [9.17, 15) is 40.2 Å². The number of carbonyl (C=O) groups excluding carboxylic acids is 3. The van der Waals surface area contributed by atoms with E-state index >= 15 is 4.79 Å². The van der Waals surface area contributed by atoms with Crippen molar-refractivity contribution in [1.82, 2.24) is 10.3 Å². The van der Waals surface area contributed by atoms with Crippen molar-refractivity contribution in [2.24, 2.45) is 87.8 Å². The lowest BCUT2D eigenvalue weighted by atomic mass is 9.45. The molecule has 2 heterocycles. The van der Waals surface area contributed by atoms with E-state index in [1.807, 2.05) is 32.3 Å². The number of H-pyrrole nitrogens is 1. The number of rotatable bonds is 6. The smallest absolute Gasteiger partial charge is 0.313 e. The van der Waals surface area contributed by atoms with Crippen molar-refractivity contribution in [1.29, 1.82) is 0 Å². The van der Waals surface area contributed by atoms with Crippen molar-refractivity contribution in [2.75, 3.05) is 13.2 Å². The topological polar surface area (TPSA) is 210 Å². The van der Waals surface area contributed by atoms with Crippen LogP contribution in [0.25, 0.3) is 0 Å². The molecule has 67 heavy (non-hydrogen) atoms. The van der Waals surface area contributed by atoms with Gasteiger partial charge in [0, 0.05) is 47.9 Å². The molecule has 0 spiro atoms. The molecule has 9 aliphatic rings. The number of carbonyl (C=O) groups is 3. The van der Waals surface area contributed by atoms with Crippen LogP contribution in [0.4, 0.5) is 0 Å². The Bertz CT molecular complexity index is 2310. The van der Waals surface area contributed by atoms with Gasteiger partial charge in [0.1, 0.15) is 6.04 Å². The van der Waals surface area contributed by atoms with Crippen molar-refractivity contribution < 1.29 is 49.8 Å². The molecular weight excluding hydrogens is 849 g/mol. The first-order chi connectivity index (χ1) is 31.7. The summed E-state index contributed by atoms with van der Waals surface area (Å²) in [6.45, 7) is 11.2. The molecule has 1 aromatic heterocycles. The Morgan fingerprint density at radius 1 is 1.00 bits per heavy atom. The average molecular weight is 923 g/mol. The van der Waals surface area contributed by atoms with Gasteiger partial charge in [0.25, 0.3) is 0 Å². The lowest BCUT2D eigenvalue weighted by Crippen LogP contribution is -2.65. The number of allylic oxidation sites excluding steroid dienone is 5. The number of ketones is 2. The molecule has 0 radical (unpaired) electrons. The quantitative estimate of drug-likeness (QED) is 0.106. The van der Waals surface area contributed by atoms with Crippen LogP contribution >= 0.6 is 0 Å². The van der Waals surface area contributed by atoms with E-state index in [4.69, 9.17) is 4.74 Å². The number of fused-ring (bicyclic) bond motifs is 8. The van der Waals surface area contributed by atoms with Crippen LogP contribution in [0, 0.1) is 99.6 Å². The molecule has 1 saturated heterocycles. The maximum atomic E-state index is 15.0. The van der Waals surface area contributed by atoms with E-state index < -0.39 is 82.6 Å². The van der Waals surface area contributed by atoms with E-state index in [0.29, 0.717) is 36.7 Å². The number of ether oxygens (including phenoxy) is 1. The van der Waals surface area contributed by atoms with Crippen LogP contribution in [0.5, 0.6) is 0 Å². The summed E-state index contributed by atoms with van der Waals surface area (Å²) in [5, 5.41) is 75.6. The van der Waals surface area contributed by atoms with Gasteiger partial charge in [-0.2, -0.15) is 0 Å². The second-order valence-corrected chi connectivity index (χ2v) is 23.9. The number of aromatic nitrogens is 1. The van der Waals surface area contributed by atoms with Crippen LogP contribution in [0.1, 0.15) is 117 Å². The van der Waals surface area contributed by atoms with Gasteiger partial charge in [0.05, 0.1) is 54.3 Å². The molecule has 8 aliphatic carbocycles. The van der Waals surface area contributed by atoms with Gasteiger partial charge in [-0.3, -0.25) is 14.4 Å². The minimum absolute atomic E-state index is 0.00944. The van der Waals surface area contributed by atoms with Crippen LogP contribution < -0.4 is 5.32 Å². The zero-order chi connectivity index (χ0) is 47.7. The molecule has 22 atom stereocenters. The molecule has 4 bridgehead atoms. The van der Waals surface area contributed by atoms with E-state index in [1.54, 1.807) is 6.92 Å². The number of aliphatic hydroxyl groups excluding tert-OH is 4. The maximum Gasteiger partial charge on any atom is 0.313 e. The number of aliphatic hydroxyl groups is 6. The molecule has 364 valence electrons. The number of esters is 1. The van der Waals surface area contributed by atoms with Gasteiger partial charge >= 0.3 is 5.97 Å². The second kappa shape index (κ2) is 16.8. The van der Waals surface area contributed by atoms with Gasteiger partial charge in [-0.1, -0.05) is 57.4 Å². The van der Waals surface area contributed by atoms with Gasteiger partial charge in [-0.05, 0) is 148 Å². The fraction of sp³-hybridized carbons (Fsp3) is 0.727. The van der Waals surface area contributed by atoms with Gasteiger partial charge in [0.2, 0.25) is 0 Å². The van der Waals surface area contributed by atoms with Crippen molar-refractivity contribution in [3.05, 3.63) is 59.1 Å². The Labute approximate surface area is 395 Å². The van der Waals surface area contributed by atoms with Gasteiger partial charge in [0.15, 0.2) is 11.6 Å². The normalized spacial score (nSPS) is 49.4. The molecular formula is C55H74N2O10. The predicted octanol–water partition coefficient (Wildman–Crippen LogP) is 5.14. The van der Waals surface area contributed by atoms with Gasteiger partial charge < -0.3 is 45.7 Å². The zero-order valence-electron chi connectivity index (χ0n) is 40.2. The molecule has 0 aromatic carbocycles. The third kappa shape index (κ3) is 7.08. The Morgan fingerprint density at radius 3 is 2.49 bits per heavy atom. The molecule has 12 nitrogen and oxygen atoms in total. The molecule has 10 rings (SSSR count). The number of nitrogens with one attached hydrogen (secondary N) is 2. The number of aromatic amines is 1. The predicted molar refractivity (Wildman–Crippen MR) is 249 cm³/mol. The summed E-state index contributed by atoms with van der Waals surface area (Å²) in [6, 6.07) is 0.825. The monoisotopic (exact) mass is 923 g/mol. The summed E-state index contributed by atoms with van der Waals surface area (Å²) in [5.74, 6) is 4.50. The van der Waals surface area contributed by atoms with Gasteiger partial charge in [-0.25, -0.2) is 0 Å². The Morgan fingerprint density at radius 2 is 1.78 bits per heavy atom. The lowest BCUT2D eigenvalue weighted by molar-refractivity contribution is -0.183. The maximum absolute atomic E-state index is 15.0. The van der Waals surface area contributed by atoms with Crippen molar-refractivity contribution >= 4 is 17.5 Å². The molecule has 1 aliphatic heterocycles. The third-order valence-corrected chi connectivity index (χ3v) is 20.4. The van der Waals surface area contributed by atoms with E-state index in [1.165, 1.54) is 12.5 Å². The van der Waals surface area contributed by atoms with Crippen LogP contribution in [-0.2, 0) is 19.1 Å². The number of hydrogen-bond acceptors (Lipinski definition) is 11. The molecule has 5 fully saturated rings. The average Bonchev–Trinajstić information content (AvgIpc) is 3.99. The summed E-state index contributed by atoms with van der Waals surface area (Å²) in [6.07, 6.45) is 12.6. The Balaban J connectivity index is 1.13. The highest BCUT2D eigenvalue weighted by Crippen LogP contribution is 2.71. The SMILES string of the molecule is CC(=O)[C@H](CO)NC1=C2[C@H](CC[C@]3(C)[C@@H]4[C@H](CC#C[C@@H]([C@@H]5COC(=O)[C@@H]5c5cc[nH]c5)[C@@H]5C=C[C@H]6C=C7CC[C@H](C)C[C@@H]7[C@@H]5[C@@H]6[C@H](C)C[C@@H](O)[C@]4(C)O)C[C@@]23O)[C@@]2(C)C[C@H](O)[C@H](O)C[C@H]2C1=O. The summed E-state index contributed by atoms with van der Waals surface area (Å²) in [7, 11) is 0. The minimum Gasteiger partial charge on any atom is -0.465 e. The largest absolute Gasteiger partial charge is 0.465 e. The van der Waals surface area contributed by atoms with Crippen molar-refractivity contribution in [3.63, 3.8) is 0 Å². The first-order valence-electron chi connectivity index (χ1n) is 25.6. The minimum atomic E-state index is -1.75. The second-order valence-electron chi connectivity index (χ2n) is 23.9. The van der Waals surface area contributed by atoms with Crippen molar-refractivity contribution in [3.8, 4) is 11.8 Å². The molecule has 8 N–H and O–H groups in total. The first-order valence-corrected chi connectivity index (χ1v) is 25.6. The number of Topliss-reactive ketones (excluding diaryl/α,β-unsaturated/α-hetero) is 2. The van der Waals surface area contributed by atoms with Crippen LogP contribution in [-0.4, -0.2) is 102 Å². The highest BCUT2D eigenvalue weighted by atomic mass is 16.5. The fourth-order valence-electron chi connectivity index (χ4n) is 17.1. The summed E-state index contributed by atoms with van der Waals surface area (Å²) >= 11 is 0. The van der Waals surface area contributed by atoms with E-state index in [0.717, 1.165) is 24.8 Å². The van der Waals surface area contributed by atoms with E-state index in [-0.39, 0.29) is 96.9 Å². The highest BCUT2D eigenvalue weighted by Gasteiger charge is 2.73. The Hall–Kier alpha value is -3.57. The van der Waals surface area contributed by atoms with Crippen molar-refractivity contribution in [2.45, 2.75) is 147 Å². The summed E-state index contributed by atoms with van der Waals surface area (Å²) < 4.78 is 5.95. The molecule has 0 unspecified atom stereocenters. The summed E-state index contributed by atoms with van der Waals surface area (Å²) in [5.41, 5.74) is -2.53. The van der Waals surface area contributed by atoms with Crippen LogP contribution in [0.3, 0.4) is 0 Å². The Kier molecular flexibility index (Phi) is 11.8. The molecule has 0 amide bonds. The van der Waals surface area contributed by atoms with Crippen LogP contribution in [0.2, 0.25) is 0 Å². The van der Waals surface area contributed by atoms with E-state index in [2.05, 4.69) is 54.2 Å². The lowest BCUT2D eigenvalue weighted by Gasteiger charge is -2.61. The highest BCUT2D eigenvalue weighted by molar-refractivity contribution is 6.00.